The zero-order valence-corrected chi connectivity index (χ0v) is 26.4. The molecule has 1 heterocycles. The number of aryl methyl sites for hydroxylation is 2. The van der Waals surface area contributed by atoms with Gasteiger partial charge in [-0.25, -0.2) is 12.7 Å². The molecule has 3 aromatic rings. The average molecular weight is 613 g/mol. The molecule has 2 aromatic carbocycles. The summed E-state index contributed by atoms with van der Waals surface area (Å²) in [6, 6.07) is 12.2. The lowest BCUT2D eigenvalue weighted by atomic mass is 9.96. The number of sulfonamides is 1. The van der Waals surface area contributed by atoms with Gasteiger partial charge in [0.15, 0.2) is 0 Å². The number of nitrogens with zero attached hydrogens (tertiary/aromatic N) is 2. The van der Waals surface area contributed by atoms with Crippen molar-refractivity contribution in [2.24, 2.45) is 0 Å². The smallest absolute Gasteiger partial charge is 0.269 e. The van der Waals surface area contributed by atoms with Gasteiger partial charge in [-0.05, 0) is 42.6 Å². The average Bonchev–Trinajstić information content (AvgIpc) is 3.19. The predicted molar refractivity (Wildman–Crippen MR) is 156 cm³/mol. The number of benzene rings is 2. The highest BCUT2D eigenvalue weighted by Crippen LogP contribution is 2.36. The molecule has 0 unspecified atom stereocenters. The number of alkyl halides is 1. The third kappa shape index (κ3) is 8.23. The molecule has 0 N–H and O–H groups in total. The van der Waals surface area contributed by atoms with Crippen LogP contribution >= 0.6 is 0 Å². The molecule has 3 rings (SSSR count). The molecule has 0 radical (unpaired) electrons. The van der Waals surface area contributed by atoms with Crippen molar-refractivity contribution in [3.05, 3.63) is 64.8 Å². The van der Waals surface area contributed by atoms with E-state index in [0.29, 0.717) is 40.1 Å². The van der Waals surface area contributed by atoms with Crippen LogP contribution in [0.2, 0.25) is 25.7 Å². The molecule has 0 saturated heterocycles. The van der Waals surface area contributed by atoms with E-state index in [4.69, 9.17) is 13.4 Å². The molecule has 220 valence electrons. The van der Waals surface area contributed by atoms with Gasteiger partial charge >= 0.3 is 0 Å². The quantitative estimate of drug-likeness (QED) is 0.102. The van der Waals surface area contributed by atoms with Gasteiger partial charge < -0.3 is 9.26 Å². The standard InChI is InChI=1S/C27H37FN2O7S2Si/c1-20-21(2)29-37-27(20)30(19-35-15-16-40(4,5)6)39(33,34)26-10-8-7-9-25(26)24-12-11-22(17-23(24)13-14-28)18-36-38(3,31)32/h7-12,17H,13-16,18-19H2,1-6H3. The van der Waals surface area contributed by atoms with Gasteiger partial charge in [-0.2, -0.15) is 8.42 Å². The Bertz CT molecular complexity index is 1530. The lowest BCUT2D eigenvalue weighted by molar-refractivity contribution is 0.153. The highest BCUT2D eigenvalue weighted by atomic mass is 32.2. The van der Waals surface area contributed by atoms with Gasteiger partial charge in [0.25, 0.3) is 20.1 Å². The van der Waals surface area contributed by atoms with E-state index in [9.17, 15) is 21.2 Å². The molecule has 0 fully saturated rings. The maximum atomic E-state index is 14.2. The first-order chi connectivity index (χ1) is 18.6. The van der Waals surface area contributed by atoms with Crippen LogP contribution in [0, 0.1) is 13.8 Å². The van der Waals surface area contributed by atoms with Crippen LogP contribution in [0.4, 0.5) is 10.3 Å². The van der Waals surface area contributed by atoms with Gasteiger partial charge in [0.1, 0.15) is 6.73 Å². The Morgan fingerprint density at radius 2 is 1.73 bits per heavy atom. The molecule has 40 heavy (non-hydrogen) atoms. The first kappa shape index (κ1) is 31.9. The van der Waals surface area contributed by atoms with Crippen molar-refractivity contribution >= 4 is 34.1 Å². The molecular weight excluding hydrogens is 576 g/mol. The Labute approximate surface area is 237 Å². The minimum absolute atomic E-state index is 0.000352. The minimum atomic E-state index is -4.24. The van der Waals surface area contributed by atoms with Crippen LogP contribution in [0.3, 0.4) is 0 Å². The second-order valence-corrected chi connectivity index (χ2v) is 19.9. The molecule has 0 spiro atoms. The second kappa shape index (κ2) is 12.9. The van der Waals surface area contributed by atoms with Crippen LogP contribution in [0.25, 0.3) is 11.1 Å². The van der Waals surface area contributed by atoms with Crippen molar-refractivity contribution in [1.29, 1.82) is 0 Å². The summed E-state index contributed by atoms with van der Waals surface area (Å²) in [7, 11) is -9.33. The largest absolute Gasteiger partial charge is 0.360 e. The molecule has 0 amide bonds. The van der Waals surface area contributed by atoms with E-state index in [1.165, 1.54) is 6.07 Å². The van der Waals surface area contributed by atoms with Crippen LogP contribution in [0.5, 0.6) is 0 Å². The van der Waals surface area contributed by atoms with Gasteiger partial charge in [-0.15, -0.1) is 0 Å². The summed E-state index contributed by atoms with van der Waals surface area (Å²) in [4.78, 5) is -0.0162. The molecular formula is C27H37FN2O7S2Si. The van der Waals surface area contributed by atoms with Crippen molar-refractivity contribution in [3.63, 3.8) is 0 Å². The number of anilines is 1. The maximum Gasteiger partial charge on any atom is 0.269 e. The summed E-state index contributed by atoms with van der Waals surface area (Å²) in [6.45, 7) is 9.30. The van der Waals surface area contributed by atoms with Gasteiger partial charge in [-0.3, -0.25) is 8.57 Å². The summed E-state index contributed by atoms with van der Waals surface area (Å²) in [5, 5.41) is 3.95. The van der Waals surface area contributed by atoms with Crippen LogP contribution in [0.15, 0.2) is 51.9 Å². The number of rotatable bonds is 14. The Kier molecular flexibility index (Phi) is 10.3. The monoisotopic (exact) mass is 612 g/mol. The molecule has 9 nitrogen and oxygen atoms in total. The Hall–Kier alpha value is -2.58. The second-order valence-electron chi connectivity index (χ2n) is 10.8. The first-order valence-corrected chi connectivity index (χ1v) is 19.8. The van der Waals surface area contributed by atoms with Crippen LogP contribution in [-0.2, 0) is 42.1 Å². The fraction of sp³-hybridized carbons (Fsp3) is 0.444. The van der Waals surface area contributed by atoms with E-state index in [2.05, 4.69) is 24.8 Å². The lowest BCUT2D eigenvalue weighted by Crippen LogP contribution is -2.34. The fourth-order valence-corrected chi connectivity index (χ4v) is 6.57. The van der Waals surface area contributed by atoms with E-state index < -0.39 is 34.9 Å². The third-order valence-corrected chi connectivity index (χ3v) is 10.3. The number of hydrogen-bond donors (Lipinski definition) is 0. The van der Waals surface area contributed by atoms with Gasteiger partial charge in [-0.1, -0.05) is 61.2 Å². The highest BCUT2D eigenvalue weighted by molar-refractivity contribution is 7.93. The molecule has 0 aliphatic carbocycles. The van der Waals surface area contributed by atoms with Gasteiger partial charge in [0.2, 0.25) is 5.88 Å². The Morgan fingerprint density at radius 3 is 2.33 bits per heavy atom. The van der Waals surface area contributed by atoms with Crippen LogP contribution in [-0.4, -0.2) is 56.3 Å². The van der Waals surface area contributed by atoms with Gasteiger partial charge in [0.05, 0.1) is 30.1 Å². The summed E-state index contributed by atoms with van der Waals surface area (Å²) >= 11 is 0. The normalized spacial score (nSPS) is 12.6. The van der Waals surface area contributed by atoms with E-state index in [1.807, 2.05) is 0 Å². The molecule has 0 saturated carbocycles. The van der Waals surface area contributed by atoms with Crippen molar-refractivity contribution in [3.8, 4) is 11.1 Å². The zero-order valence-electron chi connectivity index (χ0n) is 23.7. The molecule has 1 aromatic heterocycles. The van der Waals surface area contributed by atoms with Crippen molar-refractivity contribution in [2.75, 3.05) is 30.6 Å². The maximum absolute atomic E-state index is 14.2. The molecule has 13 heteroatoms. The lowest BCUT2D eigenvalue weighted by Gasteiger charge is -2.24. The minimum Gasteiger partial charge on any atom is -0.360 e. The zero-order chi connectivity index (χ0) is 29.7. The molecule has 0 atom stereocenters. The van der Waals surface area contributed by atoms with Crippen molar-refractivity contribution in [2.45, 2.75) is 57.5 Å². The van der Waals surface area contributed by atoms with Gasteiger partial charge in [0, 0.05) is 32.2 Å². The van der Waals surface area contributed by atoms with E-state index in [-0.39, 0.29) is 30.5 Å². The molecule has 0 aliphatic rings. The Morgan fingerprint density at radius 1 is 1.02 bits per heavy atom. The van der Waals surface area contributed by atoms with E-state index in [0.717, 1.165) is 16.6 Å². The number of aromatic nitrogens is 1. The predicted octanol–water partition coefficient (Wildman–Crippen LogP) is 5.45. The van der Waals surface area contributed by atoms with Crippen LogP contribution < -0.4 is 4.31 Å². The number of ether oxygens (including phenoxy) is 1. The fourth-order valence-electron chi connectivity index (χ4n) is 3.92. The number of hydrogen-bond acceptors (Lipinski definition) is 8. The summed E-state index contributed by atoms with van der Waals surface area (Å²) in [5.74, 6) is 0.0672. The topological polar surface area (TPSA) is 116 Å². The highest BCUT2D eigenvalue weighted by Gasteiger charge is 2.33. The SMILES string of the molecule is Cc1noc(N(COCC[Si](C)(C)C)S(=O)(=O)c2ccccc2-c2ccc(COS(C)(=O)=O)cc2CCF)c1C. The number of halogens is 1. The van der Waals surface area contributed by atoms with E-state index >= 15 is 0 Å². The summed E-state index contributed by atoms with van der Waals surface area (Å²) in [5.41, 5.74) is 3.03. The van der Waals surface area contributed by atoms with Crippen LogP contribution in [0.1, 0.15) is 22.4 Å². The molecule has 0 bridgehead atoms. The first-order valence-electron chi connectivity index (χ1n) is 12.8. The third-order valence-electron chi connectivity index (χ3n) is 6.28. The van der Waals surface area contributed by atoms with E-state index in [1.54, 1.807) is 50.2 Å². The molecule has 0 aliphatic heterocycles. The summed E-state index contributed by atoms with van der Waals surface area (Å²) in [6.07, 6.45) is 0.948. The van der Waals surface area contributed by atoms with Crippen molar-refractivity contribution in [1.82, 2.24) is 5.16 Å². The summed E-state index contributed by atoms with van der Waals surface area (Å²) < 4.78 is 82.2. The van der Waals surface area contributed by atoms with Crippen molar-refractivity contribution < 1.29 is 34.7 Å². The Balaban J connectivity index is 2.07.